The Kier molecular flexibility index (Phi) is 7.96. The molecular weight excluding hydrogens is 435 g/mol. The quantitative estimate of drug-likeness (QED) is 0.459. The Bertz CT molecular complexity index is 947. The van der Waals surface area contributed by atoms with Crippen LogP contribution in [0.5, 0.6) is 11.6 Å². The number of aliphatic hydroxyl groups is 4. The van der Waals surface area contributed by atoms with Crippen molar-refractivity contribution in [3.05, 3.63) is 40.8 Å². The number of ether oxygens (including phenoxy) is 3. The number of aliphatic hydroxyl groups excluding tert-OH is 4. The first-order valence-corrected chi connectivity index (χ1v) is 11.0. The molecule has 4 N–H and O–H groups in total. The second kappa shape index (κ2) is 10.4. The molecule has 2 aromatic rings. The second-order valence-corrected chi connectivity index (χ2v) is 8.83. The monoisotopic (exact) mass is 468 g/mol. The van der Waals surface area contributed by atoms with Crippen molar-refractivity contribution < 1.29 is 39.0 Å². The van der Waals surface area contributed by atoms with E-state index < -0.39 is 43.1 Å². The van der Waals surface area contributed by atoms with Crippen molar-refractivity contribution in [2.24, 2.45) is 0 Å². The molecule has 0 spiro atoms. The molecule has 0 saturated carbocycles. The highest BCUT2D eigenvalue weighted by Crippen LogP contribution is 2.31. The topological polar surface area (TPSA) is 126 Å². The molecule has 0 unspecified atom stereocenters. The van der Waals surface area contributed by atoms with Gasteiger partial charge in [-0.25, -0.2) is 4.39 Å². The highest BCUT2D eigenvalue weighted by atomic mass is 19.1. The van der Waals surface area contributed by atoms with Crippen LogP contribution in [0, 0.1) is 12.7 Å². The molecule has 9 nitrogen and oxygen atoms in total. The predicted molar refractivity (Wildman–Crippen MR) is 117 cm³/mol. The van der Waals surface area contributed by atoms with E-state index in [1.807, 2.05) is 34.6 Å². The smallest absolute Gasteiger partial charge is 0.239 e. The van der Waals surface area contributed by atoms with Gasteiger partial charge in [0.2, 0.25) is 12.2 Å². The molecule has 33 heavy (non-hydrogen) atoms. The van der Waals surface area contributed by atoms with E-state index in [9.17, 15) is 24.8 Å². The number of benzene rings is 1. The zero-order chi connectivity index (χ0) is 24.4. The highest BCUT2D eigenvalue weighted by Gasteiger charge is 2.45. The fourth-order valence-electron chi connectivity index (χ4n) is 3.81. The van der Waals surface area contributed by atoms with E-state index in [2.05, 4.69) is 5.10 Å². The van der Waals surface area contributed by atoms with Crippen LogP contribution in [0.1, 0.15) is 50.6 Å². The van der Waals surface area contributed by atoms with Gasteiger partial charge in [-0.05, 0) is 52.3 Å². The molecule has 0 bridgehead atoms. The predicted octanol–water partition coefficient (Wildman–Crippen LogP) is 1.47. The molecule has 1 aliphatic heterocycles. The lowest BCUT2D eigenvalue weighted by Crippen LogP contribution is -2.60. The minimum absolute atomic E-state index is 0.00513. The molecule has 3 rings (SSSR count). The Morgan fingerprint density at radius 1 is 1.12 bits per heavy atom. The van der Waals surface area contributed by atoms with Gasteiger partial charge in [0.05, 0.1) is 12.7 Å². The minimum Gasteiger partial charge on any atom is -0.488 e. The van der Waals surface area contributed by atoms with Crippen LogP contribution in [0.25, 0.3) is 0 Å². The summed E-state index contributed by atoms with van der Waals surface area (Å²) < 4.78 is 33.0. The maximum Gasteiger partial charge on any atom is 0.239 e. The zero-order valence-electron chi connectivity index (χ0n) is 19.5. The van der Waals surface area contributed by atoms with Crippen molar-refractivity contribution in [1.29, 1.82) is 0 Å². The average molecular weight is 469 g/mol. The molecule has 0 aliphatic carbocycles. The maximum absolute atomic E-state index is 14.5. The van der Waals surface area contributed by atoms with Crippen molar-refractivity contribution >= 4 is 0 Å². The zero-order valence-corrected chi connectivity index (χ0v) is 19.5. The van der Waals surface area contributed by atoms with Crippen molar-refractivity contribution in [2.45, 2.75) is 83.9 Å². The average Bonchev–Trinajstić information content (AvgIpc) is 3.05. The molecule has 5 atom stereocenters. The number of hydrogen-bond acceptors (Lipinski definition) is 8. The third-order valence-electron chi connectivity index (χ3n) is 5.54. The van der Waals surface area contributed by atoms with Gasteiger partial charge >= 0.3 is 0 Å². The molecule has 1 aromatic heterocycles. The molecule has 1 aromatic carbocycles. The summed E-state index contributed by atoms with van der Waals surface area (Å²) in [5, 5.41) is 44.3. The number of aromatic nitrogens is 2. The van der Waals surface area contributed by atoms with E-state index in [0.717, 1.165) is 5.69 Å². The lowest BCUT2D eigenvalue weighted by Gasteiger charge is -2.39. The molecule has 1 aliphatic rings. The van der Waals surface area contributed by atoms with Crippen LogP contribution in [-0.4, -0.2) is 73.6 Å². The Morgan fingerprint density at radius 3 is 2.39 bits per heavy atom. The fraction of sp³-hybridized carbons (Fsp3) is 0.609. The van der Waals surface area contributed by atoms with Crippen LogP contribution in [-0.2, 0) is 11.2 Å². The third-order valence-corrected chi connectivity index (χ3v) is 5.54. The Balaban J connectivity index is 1.91. The van der Waals surface area contributed by atoms with Crippen LogP contribution < -0.4 is 9.47 Å². The summed E-state index contributed by atoms with van der Waals surface area (Å²) in [6.45, 7) is 8.81. The molecule has 2 heterocycles. The van der Waals surface area contributed by atoms with Gasteiger partial charge in [-0.15, -0.1) is 5.10 Å². The van der Waals surface area contributed by atoms with Crippen molar-refractivity contribution in [3.63, 3.8) is 0 Å². The highest BCUT2D eigenvalue weighted by molar-refractivity contribution is 5.39. The lowest BCUT2D eigenvalue weighted by atomic mass is 9.99. The summed E-state index contributed by atoms with van der Waals surface area (Å²) in [6, 6.07) is 4.71. The molecule has 10 heteroatoms. The van der Waals surface area contributed by atoms with Gasteiger partial charge in [0, 0.05) is 23.7 Å². The first-order valence-electron chi connectivity index (χ1n) is 11.0. The first kappa shape index (κ1) is 25.4. The maximum atomic E-state index is 14.5. The Morgan fingerprint density at radius 2 is 1.82 bits per heavy atom. The molecule has 1 fully saturated rings. The summed E-state index contributed by atoms with van der Waals surface area (Å²) >= 11 is 0. The summed E-state index contributed by atoms with van der Waals surface area (Å²) in [7, 11) is 0. The van der Waals surface area contributed by atoms with Gasteiger partial charge < -0.3 is 34.6 Å². The van der Waals surface area contributed by atoms with Crippen molar-refractivity contribution in [1.82, 2.24) is 9.78 Å². The van der Waals surface area contributed by atoms with Gasteiger partial charge in [-0.1, -0.05) is 6.07 Å². The Labute approximate surface area is 192 Å². The van der Waals surface area contributed by atoms with Crippen LogP contribution in [0.3, 0.4) is 0 Å². The second-order valence-electron chi connectivity index (χ2n) is 8.83. The van der Waals surface area contributed by atoms with E-state index >= 15 is 0 Å². The van der Waals surface area contributed by atoms with Gasteiger partial charge in [0.25, 0.3) is 0 Å². The van der Waals surface area contributed by atoms with Crippen LogP contribution >= 0.6 is 0 Å². The molecular formula is C23H33FN2O7. The SMILES string of the molecule is Cc1c(Cc2ccc(OC(C)C)c(F)c2)c(O[C@@H]2O[C@H](CO)[C@@H](O)[C@H](O)[C@H]2O)nn1C(C)C. The van der Waals surface area contributed by atoms with Crippen LogP contribution in [0.2, 0.25) is 0 Å². The molecule has 0 radical (unpaired) electrons. The number of rotatable bonds is 8. The standard InChI is InChI=1S/C23H33FN2O7/c1-11(2)26-13(5)15(8-14-6-7-17(16(24)9-14)31-12(3)4)22(25-26)33-23-21(30)20(29)19(28)18(10-27)32-23/h6-7,9,11-12,18-21,23,27-30H,8,10H2,1-5H3/t18-,19-,20+,21-,23+/m1/s1. The van der Waals surface area contributed by atoms with E-state index in [1.54, 1.807) is 16.8 Å². The Hall–Kier alpha value is -2.24. The molecule has 1 saturated heterocycles. The normalized spacial score (nSPS) is 25.6. The largest absolute Gasteiger partial charge is 0.488 e. The van der Waals surface area contributed by atoms with Crippen LogP contribution in [0.4, 0.5) is 4.39 Å². The van der Waals surface area contributed by atoms with Gasteiger partial charge in [-0.2, -0.15) is 0 Å². The van der Waals surface area contributed by atoms with E-state index in [4.69, 9.17) is 14.2 Å². The molecule has 0 amide bonds. The van der Waals surface area contributed by atoms with E-state index in [1.165, 1.54) is 6.07 Å². The number of nitrogens with zero attached hydrogens (tertiary/aromatic N) is 2. The summed E-state index contributed by atoms with van der Waals surface area (Å²) in [5.74, 6) is -0.166. The summed E-state index contributed by atoms with van der Waals surface area (Å²) in [6.07, 6.45) is -6.97. The van der Waals surface area contributed by atoms with E-state index in [-0.39, 0.29) is 30.2 Å². The third kappa shape index (κ3) is 5.47. The summed E-state index contributed by atoms with van der Waals surface area (Å²) in [5.41, 5.74) is 2.10. The van der Waals surface area contributed by atoms with E-state index in [0.29, 0.717) is 11.1 Å². The lowest BCUT2D eigenvalue weighted by molar-refractivity contribution is -0.278. The minimum atomic E-state index is -1.57. The van der Waals surface area contributed by atoms with Crippen LogP contribution in [0.15, 0.2) is 18.2 Å². The number of halogens is 1. The fourth-order valence-corrected chi connectivity index (χ4v) is 3.81. The molecule has 184 valence electrons. The number of hydrogen-bond donors (Lipinski definition) is 4. The van der Waals surface area contributed by atoms with Gasteiger partial charge in [-0.3, -0.25) is 4.68 Å². The van der Waals surface area contributed by atoms with Gasteiger partial charge in [0.1, 0.15) is 24.4 Å². The van der Waals surface area contributed by atoms with Gasteiger partial charge in [0.15, 0.2) is 11.6 Å². The summed E-state index contributed by atoms with van der Waals surface area (Å²) in [4.78, 5) is 0. The van der Waals surface area contributed by atoms with Crippen molar-refractivity contribution in [3.8, 4) is 11.6 Å². The first-order chi connectivity index (χ1) is 15.5. The van der Waals surface area contributed by atoms with Crippen molar-refractivity contribution in [2.75, 3.05) is 6.61 Å².